The molecular weight excluding hydrogens is 561 g/mol. The minimum absolute atomic E-state index is 0.0232. The van der Waals surface area contributed by atoms with Gasteiger partial charge in [-0.2, -0.15) is 0 Å². The average Bonchev–Trinajstić information content (AvgIpc) is 3.60. The molecule has 40 heavy (non-hydrogen) atoms. The summed E-state index contributed by atoms with van der Waals surface area (Å²) in [5.41, 5.74) is 0.237. The van der Waals surface area contributed by atoms with Crippen molar-refractivity contribution in [2.24, 2.45) is 10.4 Å². The lowest BCUT2D eigenvalue weighted by atomic mass is 9.93. The third-order valence-electron chi connectivity index (χ3n) is 7.49. The Kier molecular flexibility index (Phi) is 8.25. The number of nitrogens with one attached hydrogen (secondary N) is 1. The molecule has 214 valence electrons. The number of methoxy groups -OCH3 is 1. The van der Waals surface area contributed by atoms with Crippen molar-refractivity contribution in [2.75, 3.05) is 46.4 Å². The Morgan fingerprint density at radius 2 is 2.15 bits per heavy atom. The Morgan fingerprint density at radius 3 is 2.85 bits per heavy atom. The van der Waals surface area contributed by atoms with Gasteiger partial charge in [-0.05, 0) is 19.9 Å². The SMILES string of the molecule is COC(=O)C1=C(CN2CCOC3CN(CC(C)(C)C(=O)O)CC32)NC(c2nccs2)=NC1c1cccc(F)c1Cl. The van der Waals surface area contributed by atoms with Gasteiger partial charge in [0, 0.05) is 55.6 Å². The lowest BCUT2D eigenvalue weighted by Gasteiger charge is -2.38. The summed E-state index contributed by atoms with van der Waals surface area (Å²) < 4.78 is 25.8. The number of nitrogens with zero attached hydrogens (tertiary/aromatic N) is 4. The molecule has 4 heterocycles. The van der Waals surface area contributed by atoms with E-state index in [0.717, 1.165) is 0 Å². The van der Waals surface area contributed by atoms with E-state index in [2.05, 4.69) is 20.1 Å². The number of esters is 1. The van der Waals surface area contributed by atoms with Crippen LogP contribution in [0, 0.1) is 11.2 Å². The smallest absolute Gasteiger partial charge is 0.338 e. The van der Waals surface area contributed by atoms with Gasteiger partial charge in [0.05, 0.1) is 41.9 Å². The number of carbonyl (C=O) groups is 2. The second kappa shape index (κ2) is 11.5. The molecule has 13 heteroatoms. The molecule has 2 aromatic rings. The summed E-state index contributed by atoms with van der Waals surface area (Å²) in [6, 6.07) is 3.49. The van der Waals surface area contributed by atoms with Crippen LogP contribution in [0.3, 0.4) is 0 Å². The third kappa shape index (κ3) is 5.64. The molecule has 0 saturated carbocycles. The lowest BCUT2D eigenvalue weighted by Crippen LogP contribution is -2.53. The van der Waals surface area contributed by atoms with Crippen LogP contribution in [0.1, 0.15) is 30.5 Å². The number of hydrogen-bond acceptors (Lipinski definition) is 10. The fourth-order valence-corrected chi connectivity index (χ4v) is 6.28. The Labute approximate surface area is 240 Å². The van der Waals surface area contributed by atoms with E-state index in [1.54, 1.807) is 26.1 Å². The first-order chi connectivity index (χ1) is 19.1. The van der Waals surface area contributed by atoms with Crippen molar-refractivity contribution in [1.29, 1.82) is 0 Å². The topological polar surface area (TPSA) is 117 Å². The Balaban J connectivity index is 1.50. The molecule has 2 fully saturated rings. The minimum atomic E-state index is -0.918. The molecule has 1 aromatic carbocycles. The number of likely N-dealkylation sites (tertiary alicyclic amines) is 1. The number of amidine groups is 1. The molecule has 10 nitrogen and oxygen atoms in total. The van der Waals surface area contributed by atoms with Gasteiger partial charge in [-0.15, -0.1) is 11.3 Å². The Hall–Kier alpha value is -2.90. The van der Waals surface area contributed by atoms with Crippen molar-refractivity contribution in [3.05, 3.63) is 62.5 Å². The van der Waals surface area contributed by atoms with Crippen molar-refractivity contribution in [2.45, 2.75) is 32.0 Å². The molecule has 3 unspecified atom stereocenters. The van der Waals surface area contributed by atoms with Gasteiger partial charge in [0.15, 0.2) is 10.8 Å². The quantitative estimate of drug-likeness (QED) is 0.447. The summed E-state index contributed by atoms with van der Waals surface area (Å²) in [6.07, 6.45) is 1.55. The number of aliphatic imine (C=N–C) groups is 1. The Morgan fingerprint density at radius 1 is 1.35 bits per heavy atom. The summed E-state index contributed by atoms with van der Waals surface area (Å²) in [4.78, 5) is 38.5. The average molecular weight is 592 g/mol. The first-order valence-corrected chi connectivity index (χ1v) is 14.2. The monoisotopic (exact) mass is 591 g/mol. The number of hydrogen-bond donors (Lipinski definition) is 2. The van der Waals surface area contributed by atoms with Gasteiger partial charge in [-0.25, -0.2) is 14.2 Å². The van der Waals surface area contributed by atoms with E-state index in [-0.39, 0.29) is 22.7 Å². The molecule has 0 radical (unpaired) electrons. The van der Waals surface area contributed by atoms with Crippen molar-refractivity contribution >= 4 is 40.7 Å². The zero-order valence-corrected chi connectivity index (χ0v) is 24.0. The molecule has 0 spiro atoms. The number of carbonyl (C=O) groups excluding carboxylic acids is 1. The summed E-state index contributed by atoms with van der Waals surface area (Å²) in [7, 11) is 1.29. The van der Waals surface area contributed by atoms with E-state index in [9.17, 15) is 19.1 Å². The number of fused-ring (bicyclic) bond motifs is 1. The van der Waals surface area contributed by atoms with Crippen LogP contribution in [0.15, 0.2) is 46.0 Å². The van der Waals surface area contributed by atoms with E-state index < -0.39 is 29.2 Å². The minimum Gasteiger partial charge on any atom is -0.481 e. The number of rotatable bonds is 8. The van der Waals surface area contributed by atoms with Crippen LogP contribution in [0.2, 0.25) is 5.02 Å². The van der Waals surface area contributed by atoms with Gasteiger partial charge in [0.25, 0.3) is 0 Å². The number of thiazole rings is 1. The van der Waals surface area contributed by atoms with Gasteiger partial charge in [0.1, 0.15) is 11.9 Å². The van der Waals surface area contributed by atoms with E-state index in [0.29, 0.717) is 61.4 Å². The molecule has 3 aliphatic heterocycles. The van der Waals surface area contributed by atoms with Crippen LogP contribution < -0.4 is 5.32 Å². The lowest BCUT2D eigenvalue weighted by molar-refractivity contribution is -0.148. The van der Waals surface area contributed by atoms with Gasteiger partial charge in [0.2, 0.25) is 0 Å². The summed E-state index contributed by atoms with van der Waals surface area (Å²) in [5, 5.41) is 15.2. The van der Waals surface area contributed by atoms with Crippen LogP contribution in [0.25, 0.3) is 0 Å². The predicted molar refractivity (Wildman–Crippen MR) is 148 cm³/mol. The zero-order chi connectivity index (χ0) is 28.6. The van der Waals surface area contributed by atoms with Crippen LogP contribution in [-0.4, -0.2) is 96.3 Å². The predicted octanol–water partition coefficient (Wildman–Crippen LogP) is 2.95. The van der Waals surface area contributed by atoms with Crippen LogP contribution >= 0.6 is 22.9 Å². The molecule has 0 bridgehead atoms. The van der Waals surface area contributed by atoms with Crippen molar-refractivity contribution in [3.63, 3.8) is 0 Å². The normalized spacial score (nSPS) is 23.9. The number of carboxylic acids is 1. The van der Waals surface area contributed by atoms with Gasteiger partial charge in [-0.1, -0.05) is 23.7 Å². The van der Waals surface area contributed by atoms with E-state index in [1.165, 1.54) is 30.6 Å². The van der Waals surface area contributed by atoms with Crippen molar-refractivity contribution in [3.8, 4) is 0 Å². The van der Waals surface area contributed by atoms with Gasteiger partial charge >= 0.3 is 11.9 Å². The maximum Gasteiger partial charge on any atom is 0.338 e. The fourth-order valence-electron chi connectivity index (χ4n) is 5.47. The fraction of sp³-hybridized carbons (Fsp3) is 0.481. The van der Waals surface area contributed by atoms with E-state index in [4.69, 9.17) is 26.1 Å². The highest BCUT2D eigenvalue weighted by atomic mass is 35.5. The maximum atomic E-state index is 14.5. The van der Waals surface area contributed by atoms with E-state index >= 15 is 0 Å². The highest BCUT2D eigenvalue weighted by Crippen LogP contribution is 2.38. The van der Waals surface area contributed by atoms with Crippen LogP contribution in [0.5, 0.6) is 0 Å². The molecule has 3 aliphatic rings. The zero-order valence-electron chi connectivity index (χ0n) is 22.4. The van der Waals surface area contributed by atoms with Crippen molar-refractivity contribution in [1.82, 2.24) is 20.1 Å². The first kappa shape index (κ1) is 28.6. The third-order valence-corrected chi connectivity index (χ3v) is 8.67. The number of carboxylic acid groups (broad SMARTS) is 1. The maximum absolute atomic E-state index is 14.5. The molecule has 5 rings (SSSR count). The largest absolute Gasteiger partial charge is 0.481 e. The Bertz CT molecular complexity index is 1350. The number of ether oxygens (including phenoxy) is 2. The molecule has 2 N–H and O–H groups in total. The van der Waals surface area contributed by atoms with Gasteiger partial charge in [-0.3, -0.25) is 19.6 Å². The molecule has 3 atom stereocenters. The summed E-state index contributed by atoms with van der Waals surface area (Å²) >= 11 is 7.77. The number of halogens is 2. The number of aliphatic carboxylic acids is 1. The molecular formula is C27H31ClFN5O5S. The van der Waals surface area contributed by atoms with Crippen molar-refractivity contribution < 1.29 is 28.6 Å². The molecule has 0 amide bonds. The summed E-state index contributed by atoms with van der Waals surface area (Å²) in [6.45, 7) is 6.48. The summed E-state index contributed by atoms with van der Waals surface area (Å²) in [5.74, 6) is -1.61. The number of morpholine rings is 1. The standard InChI is InChI=1S/C27H31ClFN5O5S/c1-27(2,26(36)37)14-33-12-18-19(13-33)39-9-8-34(18)11-17-20(25(35)38-3)22(15-5-4-6-16(29)21(15)28)32-23(31-17)24-30-7-10-40-24/h4-7,10,18-19,22H,8-9,11-14H2,1-3H3,(H,31,32)(H,36,37). The molecule has 0 aliphatic carbocycles. The molecule has 1 aromatic heterocycles. The van der Waals surface area contributed by atoms with Crippen LogP contribution in [-0.2, 0) is 19.1 Å². The second-order valence-corrected chi connectivity index (χ2v) is 12.0. The van der Waals surface area contributed by atoms with Crippen LogP contribution in [0.4, 0.5) is 4.39 Å². The second-order valence-electron chi connectivity index (χ2n) is 10.7. The first-order valence-electron chi connectivity index (χ1n) is 12.9. The molecule has 2 saturated heterocycles. The van der Waals surface area contributed by atoms with E-state index in [1.807, 2.05) is 5.38 Å². The number of aromatic nitrogens is 1. The highest BCUT2D eigenvalue weighted by Gasteiger charge is 2.44. The van der Waals surface area contributed by atoms with Gasteiger partial charge < -0.3 is 19.9 Å². The highest BCUT2D eigenvalue weighted by molar-refractivity contribution is 7.11. The number of benzene rings is 1.